The Kier molecular flexibility index (Phi) is 5.28. The summed E-state index contributed by atoms with van der Waals surface area (Å²) in [6.07, 6.45) is 2.82. The van der Waals surface area contributed by atoms with Gasteiger partial charge in [-0.15, -0.1) is 0 Å². The normalized spacial score (nSPS) is 10.8. The highest BCUT2D eigenvalue weighted by atomic mass is 79.9. The first kappa shape index (κ1) is 13.8. The largest absolute Gasteiger partial charge is 0.466 e. The molecular weight excluding hydrogens is 294 g/mol. The van der Waals surface area contributed by atoms with Crippen molar-refractivity contribution >= 4 is 28.0 Å². The zero-order valence-electron chi connectivity index (χ0n) is 9.17. The van der Waals surface area contributed by atoms with E-state index in [1.165, 1.54) is 12.2 Å². The lowest BCUT2D eigenvalue weighted by Crippen LogP contribution is -2.01. The van der Waals surface area contributed by atoms with E-state index in [1.807, 2.05) is 0 Å². The van der Waals surface area contributed by atoms with Gasteiger partial charge < -0.3 is 4.74 Å². The lowest BCUT2D eigenvalue weighted by Gasteiger charge is -2.00. The standard InChI is InChI=1S/C12H11BrF2O2/c1-2-17-12(16)5-3-4-8-6-11(15)9(13)7-10(8)14/h3-4,6-7H,2,5H2,1H3. The lowest BCUT2D eigenvalue weighted by atomic mass is 10.2. The number of ether oxygens (including phenoxy) is 1. The summed E-state index contributed by atoms with van der Waals surface area (Å²) in [6, 6.07) is 2.10. The van der Waals surface area contributed by atoms with Crippen LogP contribution in [0.2, 0.25) is 0 Å². The van der Waals surface area contributed by atoms with Crippen molar-refractivity contribution in [3.05, 3.63) is 39.9 Å². The Bertz CT molecular complexity index is 444. The number of benzene rings is 1. The van der Waals surface area contributed by atoms with Crippen LogP contribution in [0.1, 0.15) is 18.9 Å². The number of hydrogen-bond donors (Lipinski definition) is 0. The van der Waals surface area contributed by atoms with Crippen molar-refractivity contribution in [1.29, 1.82) is 0 Å². The third kappa shape index (κ3) is 4.26. The van der Waals surface area contributed by atoms with Crippen LogP contribution in [0.4, 0.5) is 8.78 Å². The molecule has 5 heteroatoms. The molecular formula is C12H11BrF2O2. The Balaban J connectivity index is 2.71. The minimum Gasteiger partial charge on any atom is -0.466 e. The van der Waals surface area contributed by atoms with Crippen LogP contribution in [-0.4, -0.2) is 12.6 Å². The Morgan fingerprint density at radius 2 is 2.12 bits per heavy atom. The fourth-order valence-corrected chi connectivity index (χ4v) is 1.48. The Morgan fingerprint density at radius 3 is 2.76 bits per heavy atom. The molecule has 1 rings (SSSR count). The molecule has 0 saturated carbocycles. The van der Waals surface area contributed by atoms with Crippen LogP contribution >= 0.6 is 15.9 Å². The number of halogens is 3. The van der Waals surface area contributed by atoms with E-state index in [0.29, 0.717) is 6.61 Å². The number of rotatable bonds is 4. The quantitative estimate of drug-likeness (QED) is 0.626. The van der Waals surface area contributed by atoms with Gasteiger partial charge in [0.15, 0.2) is 0 Å². The van der Waals surface area contributed by atoms with Gasteiger partial charge in [-0.1, -0.05) is 12.2 Å². The summed E-state index contributed by atoms with van der Waals surface area (Å²) in [6.45, 7) is 2.00. The van der Waals surface area contributed by atoms with Crippen LogP contribution in [0, 0.1) is 11.6 Å². The van der Waals surface area contributed by atoms with Gasteiger partial charge in [0.2, 0.25) is 0 Å². The average molecular weight is 305 g/mol. The molecule has 0 amide bonds. The zero-order valence-corrected chi connectivity index (χ0v) is 10.8. The average Bonchev–Trinajstić information content (AvgIpc) is 2.26. The number of carbonyl (C=O) groups excluding carboxylic acids is 1. The third-order valence-electron chi connectivity index (χ3n) is 1.93. The van der Waals surface area contributed by atoms with E-state index in [9.17, 15) is 13.6 Å². The van der Waals surface area contributed by atoms with Gasteiger partial charge in [-0.2, -0.15) is 0 Å². The van der Waals surface area contributed by atoms with Gasteiger partial charge >= 0.3 is 5.97 Å². The summed E-state index contributed by atoms with van der Waals surface area (Å²) in [4.78, 5) is 11.0. The van der Waals surface area contributed by atoms with Crippen molar-refractivity contribution < 1.29 is 18.3 Å². The molecule has 0 saturated heterocycles. The molecule has 0 aliphatic heterocycles. The Hall–Kier alpha value is -1.23. The molecule has 1 aromatic rings. The van der Waals surface area contributed by atoms with Crippen LogP contribution < -0.4 is 0 Å². The monoisotopic (exact) mass is 304 g/mol. The van der Waals surface area contributed by atoms with Gasteiger partial charge in [0.05, 0.1) is 17.5 Å². The summed E-state index contributed by atoms with van der Waals surface area (Å²) < 4.78 is 31.2. The van der Waals surface area contributed by atoms with Crippen molar-refractivity contribution in [1.82, 2.24) is 0 Å². The smallest absolute Gasteiger partial charge is 0.309 e. The first-order valence-electron chi connectivity index (χ1n) is 5.01. The SMILES string of the molecule is CCOC(=O)CC=Cc1cc(F)c(Br)cc1F. The first-order valence-corrected chi connectivity index (χ1v) is 5.80. The van der Waals surface area contributed by atoms with Crippen molar-refractivity contribution in [2.75, 3.05) is 6.61 Å². The van der Waals surface area contributed by atoms with Crippen molar-refractivity contribution in [3.8, 4) is 0 Å². The van der Waals surface area contributed by atoms with Gasteiger partial charge in [0.25, 0.3) is 0 Å². The van der Waals surface area contributed by atoms with Crippen LogP contribution in [0.15, 0.2) is 22.7 Å². The number of carbonyl (C=O) groups is 1. The highest BCUT2D eigenvalue weighted by Crippen LogP contribution is 2.20. The van der Waals surface area contributed by atoms with Gasteiger partial charge in [0, 0.05) is 5.56 Å². The molecule has 0 radical (unpaired) electrons. The minimum atomic E-state index is -0.557. The third-order valence-corrected chi connectivity index (χ3v) is 2.53. The van der Waals surface area contributed by atoms with E-state index >= 15 is 0 Å². The molecule has 0 N–H and O–H groups in total. The summed E-state index contributed by atoms with van der Waals surface area (Å²) >= 11 is 2.88. The molecule has 0 aliphatic rings. The fraction of sp³-hybridized carbons (Fsp3) is 0.250. The molecule has 0 atom stereocenters. The van der Waals surface area contributed by atoms with E-state index in [-0.39, 0.29) is 16.5 Å². The fourth-order valence-electron chi connectivity index (χ4n) is 1.17. The van der Waals surface area contributed by atoms with Crippen molar-refractivity contribution in [2.24, 2.45) is 0 Å². The van der Waals surface area contributed by atoms with Crippen LogP contribution in [0.5, 0.6) is 0 Å². The second-order valence-corrected chi connectivity index (χ2v) is 4.05. The first-order chi connectivity index (χ1) is 8.04. The van der Waals surface area contributed by atoms with Crippen molar-refractivity contribution in [3.63, 3.8) is 0 Å². The predicted octanol–water partition coefficient (Wildman–Crippen LogP) is 3.69. The zero-order chi connectivity index (χ0) is 12.8. The summed E-state index contributed by atoms with van der Waals surface area (Å²) in [7, 11) is 0. The molecule has 0 fully saturated rings. The summed E-state index contributed by atoms with van der Waals surface area (Å²) in [5.74, 6) is -1.51. The van der Waals surface area contributed by atoms with Gasteiger partial charge in [-0.25, -0.2) is 8.78 Å². The molecule has 0 unspecified atom stereocenters. The van der Waals surface area contributed by atoms with Crippen molar-refractivity contribution in [2.45, 2.75) is 13.3 Å². The number of esters is 1. The van der Waals surface area contributed by atoms with Gasteiger partial charge in [-0.05, 0) is 35.0 Å². The second-order valence-electron chi connectivity index (χ2n) is 3.20. The van der Waals surface area contributed by atoms with Crippen LogP contribution in [0.25, 0.3) is 6.08 Å². The summed E-state index contributed by atoms with van der Waals surface area (Å²) in [5, 5.41) is 0. The van der Waals surface area contributed by atoms with E-state index in [0.717, 1.165) is 12.1 Å². The lowest BCUT2D eigenvalue weighted by molar-refractivity contribution is -0.142. The molecule has 1 aromatic carbocycles. The highest BCUT2D eigenvalue weighted by molar-refractivity contribution is 9.10. The molecule has 0 bridgehead atoms. The molecule has 0 heterocycles. The molecule has 92 valence electrons. The molecule has 0 spiro atoms. The maximum absolute atomic E-state index is 13.3. The predicted molar refractivity (Wildman–Crippen MR) is 64.3 cm³/mol. The molecule has 17 heavy (non-hydrogen) atoms. The highest BCUT2D eigenvalue weighted by Gasteiger charge is 2.05. The molecule has 2 nitrogen and oxygen atoms in total. The van der Waals surface area contributed by atoms with Crippen LogP contribution in [-0.2, 0) is 9.53 Å². The molecule has 0 aliphatic carbocycles. The van der Waals surface area contributed by atoms with E-state index in [2.05, 4.69) is 20.7 Å². The van der Waals surface area contributed by atoms with E-state index in [1.54, 1.807) is 6.92 Å². The maximum Gasteiger partial charge on any atom is 0.309 e. The van der Waals surface area contributed by atoms with E-state index < -0.39 is 17.6 Å². The van der Waals surface area contributed by atoms with Crippen LogP contribution in [0.3, 0.4) is 0 Å². The Morgan fingerprint density at radius 1 is 1.41 bits per heavy atom. The second kappa shape index (κ2) is 6.49. The Labute approximate surface area is 106 Å². The molecule has 0 aromatic heterocycles. The maximum atomic E-state index is 13.3. The summed E-state index contributed by atoms with van der Waals surface area (Å²) in [5.41, 5.74) is 0.0926. The topological polar surface area (TPSA) is 26.3 Å². The van der Waals surface area contributed by atoms with Gasteiger partial charge in [0.1, 0.15) is 11.6 Å². The van der Waals surface area contributed by atoms with Gasteiger partial charge in [-0.3, -0.25) is 4.79 Å². The minimum absolute atomic E-state index is 0.0327. The number of hydrogen-bond acceptors (Lipinski definition) is 2. The van der Waals surface area contributed by atoms with E-state index in [4.69, 9.17) is 0 Å².